The molecule has 1 unspecified atom stereocenters. The molecule has 0 saturated carbocycles. The van der Waals surface area contributed by atoms with E-state index in [9.17, 15) is 14.9 Å². The van der Waals surface area contributed by atoms with Crippen LogP contribution in [0.4, 0.5) is 11.4 Å². The van der Waals surface area contributed by atoms with E-state index in [0.717, 1.165) is 0 Å². The minimum Gasteiger partial charge on any atom is -0.396 e. The monoisotopic (exact) mass is 281 g/mol. The summed E-state index contributed by atoms with van der Waals surface area (Å²) in [5.41, 5.74) is 0.563. The Morgan fingerprint density at radius 3 is 2.65 bits per heavy atom. The van der Waals surface area contributed by atoms with Crippen molar-refractivity contribution in [3.8, 4) is 0 Å². The predicted molar refractivity (Wildman–Crippen MR) is 75.9 cm³/mol. The predicted octanol–water partition coefficient (Wildman–Crippen LogP) is 1.34. The van der Waals surface area contributed by atoms with Crippen LogP contribution in [0.3, 0.4) is 0 Å². The van der Waals surface area contributed by atoms with Crippen molar-refractivity contribution < 1.29 is 14.8 Å². The van der Waals surface area contributed by atoms with Gasteiger partial charge in [-0.3, -0.25) is 14.9 Å². The van der Waals surface area contributed by atoms with Crippen LogP contribution in [0.1, 0.15) is 17.3 Å². The molecule has 0 aromatic heterocycles. The lowest BCUT2D eigenvalue weighted by Crippen LogP contribution is -2.22. The van der Waals surface area contributed by atoms with Gasteiger partial charge in [-0.25, -0.2) is 0 Å². The van der Waals surface area contributed by atoms with E-state index in [-0.39, 0.29) is 29.8 Å². The molecule has 0 radical (unpaired) electrons. The lowest BCUT2D eigenvalue weighted by molar-refractivity contribution is -0.384. The first-order chi connectivity index (χ1) is 9.36. The number of amides is 1. The number of nitrogens with one attached hydrogen (secondary N) is 1. The zero-order valence-electron chi connectivity index (χ0n) is 11.8. The number of carbonyl (C=O) groups excluding carboxylic acids is 1. The molecule has 2 N–H and O–H groups in total. The van der Waals surface area contributed by atoms with Crippen LogP contribution in [0.2, 0.25) is 0 Å². The van der Waals surface area contributed by atoms with Gasteiger partial charge in [0.25, 0.3) is 11.6 Å². The molecule has 1 aromatic carbocycles. The largest absolute Gasteiger partial charge is 0.396 e. The molecule has 20 heavy (non-hydrogen) atoms. The summed E-state index contributed by atoms with van der Waals surface area (Å²) in [4.78, 5) is 23.7. The molecule has 0 aliphatic heterocycles. The quantitative estimate of drug-likeness (QED) is 0.606. The fourth-order valence-electron chi connectivity index (χ4n) is 1.58. The van der Waals surface area contributed by atoms with Crippen molar-refractivity contribution in [3.05, 3.63) is 33.9 Å². The van der Waals surface area contributed by atoms with Gasteiger partial charge in [0, 0.05) is 38.9 Å². The van der Waals surface area contributed by atoms with Crippen LogP contribution in [-0.2, 0) is 0 Å². The average molecular weight is 281 g/mol. The standard InChI is InChI=1S/C13H19N3O4/c1-9(8-17)7-14-11-6-10(13(18)15(2)3)4-5-12(11)16(19)20/h4-6,9,14,17H,7-8H2,1-3H3. The average Bonchev–Trinajstić information content (AvgIpc) is 2.43. The smallest absolute Gasteiger partial charge is 0.292 e. The van der Waals surface area contributed by atoms with E-state index in [0.29, 0.717) is 12.1 Å². The molecule has 110 valence electrons. The van der Waals surface area contributed by atoms with Gasteiger partial charge in [-0.1, -0.05) is 6.92 Å². The highest BCUT2D eigenvalue weighted by Crippen LogP contribution is 2.26. The van der Waals surface area contributed by atoms with Crippen molar-refractivity contribution in [2.75, 3.05) is 32.6 Å². The summed E-state index contributed by atoms with van der Waals surface area (Å²) in [5, 5.41) is 22.9. The number of hydrogen-bond acceptors (Lipinski definition) is 5. The van der Waals surface area contributed by atoms with E-state index in [1.807, 2.05) is 6.92 Å². The Kier molecular flexibility index (Phi) is 5.45. The van der Waals surface area contributed by atoms with Crippen molar-refractivity contribution in [3.63, 3.8) is 0 Å². The van der Waals surface area contributed by atoms with E-state index in [1.165, 1.54) is 23.1 Å². The second-order valence-corrected chi connectivity index (χ2v) is 4.86. The number of nitro groups is 1. The Bertz CT molecular complexity index is 502. The Morgan fingerprint density at radius 1 is 1.50 bits per heavy atom. The van der Waals surface area contributed by atoms with E-state index < -0.39 is 4.92 Å². The number of aliphatic hydroxyl groups excluding tert-OH is 1. The summed E-state index contributed by atoms with van der Waals surface area (Å²) in [6, 6.07) is 4.20. The topological polar surface area (TPSA) is 95.7 Å². The summed E-state index contributed by atoms with van der Waals surface area (Å²) >= 11 is 0. The number of carbonyl (C=O) groups is 1. The molecule has 0 fully saturated rings. The van der Waals surface area contributed by atoms with Crippen molar-refractivity contribution in [2.45, 2.75) is 6.92 Å². The van der Waals surface area contributed by atoms with Crippen molar-refractivity contribution in [1.29, 1.82) is 0 Å². The van der Waals surface area contributed by atoms with E-state index in [2.05, 4.69) is 5.32 Å². The number of anilines is 1. The van der Waals surface area contributed by atoms with Gasteiger partial charge in [0.1, 0.15) is 5.69 Å². The molecule has 0 spiro atoms. The van der Waals surface area contributed by atoms with Gasteiger partial charge >= 0.3 is 0 Å². The van der Waals surface area contributed by atoms with Gasteiger partial charge in [0.05, 0.1) is 4.92 Å². The number of hydrogen-bond donors (Lipinski definition) is 2. The van der Waals surface area contributed by atoms with Crippen LogP contribution in [0.15, 0.2) is 18.2 Å². The first-order valence-corrected chi connectivity index (χ1v) is 6.21. The highest BCUT2D eigenvalue weighted by atomic mass is 16.6. The molecule has 7 nitrogen and oxygen atoms in total. The molecule has 1 atom stereocenters. The number of rotatable bonds is 6. The molecule has 0 heterocycles. The van der Waals surface area contributed by atoms with Crippen molar-refractivity contribution >= 4 is 17.3 Å². The first kappa shape index (κ1) is 15.9. The van der Waals surface area contributed by atoms with Crippen LogP contribution in [-0.4, -0.2) is 48.1 Å². The molecule has 0 aliphatic carbocycles. The maximum atomic E-state index is 11.9. The third-order valence-corrected chi connectivity index (χ3v) is 2.80. The number of aliphatic hydroxyl groups is 1. The Labute approximate surface area is 117 Å². The highest BCUT2D eigenvalue weighted by Gasteiger charge is 2.18. The Hall–Kier alpha value is -2.15. The molecule has 0 bridgehead atoms. The third kappa shape index (κ3) is 3.92. The van der Waals surface area contributed by atoms with Crippen LogP contribution in [0.5, 0.6) is 0 Å². The van der Waals surface area contributed by atoms with E-state index >= 15 is 0 Å². The molecular weight excluding hydrogens is 262 g/mol. The minimum absolute atomic E-state index is 0.0167. The zero-order chi connectivity index (χ0) is 15.3. The second kappa shape index (κ2) is 6.85. The number of nitrogens with zero attached hydrogens (tertiary/aromatic N) is 2. The summed E-state index contributed by atoms with van der Waals surface area (Å²) in [6.07, 6.45) is 0. The molecule has 0 saturated heterocycles. The number of nitro benzene ring substituents is 1. The maximum Gasteiger partial charge on any atom is 0.292 e. The van der Waals surface area contributed by atoms with Crippen molar-refractivity contribution in [1.82, 2.24) is 4.90 Å². The highest BCUT2D eigenvalue weighted by molar-refractivity contribution is 5.95. The Morgan fingerprint density at radius 2 is 2.15 bits per heavy atom. The molecule has 1 amide bonds. The summed E-state index contributed by atoms with van der Waals surface area (Å²) in [5.74, 6) is -0.263. The molecule has 1 aromatic rings. The van der Waals surface area contributed by atoms with E-state index in [1.54, 1.807) is 14.1 Å². The van der Waals surface area contributed by atoms with Gasteiger partial charge in [-0.2, -0.15) is 0 Å². The van der Waals surface area contributed by atoms with Gasteiger partial charge in [0.15, 0.2) is 0 Å². The summed E-state index contributed by atoms with van der Waals surface area (Å²) in [7, 11) is 3.23. The molecule has 1 rings (SSSR count). The lowest BCUT2D eigenvalue weighted by atomic mass is 10.1. The zero-order valence-corrected chi connectivity index (χ0v) is 11.8. The van der Waals surface area contributed by atoms with Gasteiger partial charge in [-0.15, -0.1) is 0 Å². The summed E-state index contributed by atoms with van der Waals surface area (Å²) < 4.78 is 0. The normalized spacial score (nSPS) is 11.8. The number of benzene rings is 1. The molecular formula is C13H19N3O4. The van der Waals surface area contributed by atoms with Crippen molar-refractivity contribution in [2.24, 2.45) is 5.92 Å². The second-order valence-electron chi connectivity index (χ2n) is 4.86. The maximum absolute atomic E-state index is 11.9. The van der Waals surface area contributed by atoms with Crippen LogP contribution in [0, 0.1) is 16.0 Å². The molecule has 7 heteroatoms. The first-order valence-electron chi connectivity index (χ1n) is 6.21. The van der Waals surface area contributed by atoms with E-state index in [4.69, 9.17) is 5.11 Å². The van der Waals surface area contributed by atoms with Gasteiger partial charge < -0.3 is 15.3 Å². The molecule has 0 aliphatic rings. The fraction of sp³-hybridized carbons (Fsp3) is 0.462. The van der Waals surface area contributed by atoms with Crippen LogP contribution in [0.25, 0.3) is 0 Å². The van der Waals surface area contributed by atoms with Crippen LogP contribution >= 0.6 is 0 Å². The van der Waals surface area contributed by atoms with Crippen LogP contribution < -0.4 is 5.32 Å². The summed E-state index contributed by atoms with van der Waals surface area (Å²) in [6.45, 7) is 2.18. The minimum atomic E-state index is -0.504. The third-order valence-electron chi connectivity index (χ3n) is 2.80. The van der Waals surface area contributed by atoms with Gasteiger partial charge in [0.2, 0.25) is 0 Å². The lowest BCUT2D eigenvalue weighted by Gasteiger charge is -2.14. The Balaban J connectivity index is 3.06. The SMILES string of the molecule is CC(CO)CNc1cc(C(=O)N(C)C)ccc1[N+](=O)[O-]. The van der Waals surface area contributed by atoms with Gasteiger partial charge in [-0.05, 0) is 18.1 Å². The fourth-order valence-corrected chi connectivity index (χ4v) is 1.58.